The van der Waals surface area contributed by atoms with Crippen LogP contribution >= 0.6 is 0 Å². The summed E-state index contributed by atoms with van der Waals surface area (Å²) < 4.78 is 17.9. The zero-order chi connectivity index (χ0) is 25.5. The molecule has 0 bridgehead atoms. The number of benzene rings is 2. The molecule has 1 aromatic heterocycles. The first-order valence-electron chi connectivity index (χ1n) is 10.9. The first-order valence-corrected chi connectivity index (χ1v) is 10.9. The van der Waals surface area contributed by atoms with E-state index < -0.39 is 35.2 Å². The highest BCUT2D eigenvalue weighted by Crippen LogP contribution is 2.28. The van der Waals surface area contributed by atoms with Gasteiger partial charge in [0.25, 0.3) is 5.56 Å². The Morgan fingerprint density at radius 1 is 1.03 bits per heavy atom. The number of nitrogens with zero attached hydrogens (tertiary/aromatic N) is 2. The molecule has 0 aliphatic carbocycles. The Balaban J connectivity index is 1.82. The van der Waals surface area contributed by atoms with Crippen molar-refractivity contribution in [3.63, 3.8) is 0 Å². The number of nitrogen functional groups attached to an aromatic ring is 1. The third-order valence-electron chi connectivity index (χ3n) is 5.24. The molecule has 0 aliphatic rings. The number of ether oxygens (including phenoxy) is 3. The van der Waals surface area contributed by atoms with Gasteiger partial charge < -0.3 is 19.9 Å². The van der Waals surface area contributed by atoms with Crippen molar-refractivity contribution in [2.24, 2.45) is 7.05 Å². The van der Waals surface area contributed by atoms with Gasteiger partial charge in [-0.2, -0.15) is 0 Å². The van der Waals surface area contributed by atoms with E-state index in [-0.39, 0.29) is 17.9 Å². The maximum absolute atomic E-state index is 12.9. The SMILES string of the molecule is CCCOc1ccc(C(=O)OCC(=O)c2c(N)n(Cc3ccccc3)c(=O)n(C)c2=O)cc1OC. The van der Waals surface area contributed by atoms with Crippen molar-refractivity contribution in [3.05, 3.63) is 86.1 Å². The summed E-state index contributed by atoms with van der Waals surface area (Å²) in [5.41, 5.74) is 5.01. The van der Waals surface area contributed by atoms with Gasteiger partial charge in [0.1, 0.15) is 11.4 Å². The number of nitrogens with two attached hydrogens (primary N) is 1. The van der Waals surface area contributed by atoms with Gasteiger partial charge in [-0.15, -0.1) is 0 Å². The Morgan fingerprint density at radius 2 is 1.74 bits per heavy atom. The van der Waals surface area contributed by atoms with Crippen molar-refractivity contribution in [2.75, 3.05) is 26.1 Å². The largest absolute Gasteiger partial charge is 0.493 e. The van der Waals surface area contributed by atoms with Gasteiger partial charge in [-0.3, -0.25) is 18.7 Å². The van der Waals surface area contributed by atoms with Crippen LogP contribution in [-0.4, -0.2) is 41.2 Å². The lowest BCUT2D eigenvalue weighted by atomic mass is 10.1. The lowest BCUT2D eigenvalue weighted by Gasteiger charge is -2.15. The highest BCUT2D eigenvalue weighted by Gasteiger charge is 2.23. The highest BCUT2D eigenvalue weighted by atomic mass is 16.5. The summed E-state index contributed by atoms with van der Waals surface area (Å²) in [6, 6.07) is 13.5. The smallest absolute Gasteiger partial charge is 0.338 e. The molecule has 3 aromatic rings. The molecule has 35 heavy (non-hydrogen) atoms. The van der Waals surface area contributed by atoms with Gasteiger partial charge in [-0.1, -0.05) is 37.3 Å². The molecular formula is C25H27N3O7. The summed E-state index contributed by atoms with van der Waals surface area (Å²) in [5, 5.41) is 0. The van der Waals surface area contributed by atoms with E-state index in [1.807, 2.05) is 13.0 Å². The molecule has 0 saturated heterocycles. The number of rotatable bonds is 10. The first-order chi connectivity index (χ1) is 16.8. The maximum atomic E-state index is 12.9. The lowest BCUT2D eigenvalue weighted by Crippen LogP contribution is -2.43. The second kappa shape index (κ2) is 11.2. The molecule has 1 heterocycles. The predicted octanol–water partition coefficient (Wildman–Crippen LogP) is 2.01. The third-order valence-corrected chi connectivity index (χ3v) is 5.24. The van der Waals surface area contributed by atoms with Gasteiger partial charge in [0, 0.05) is 7.05 Å². The van der Waals surface area contributed by atoms with Crippen molar-refractivity contribution in [3.8, 4) is 11.5 Å². The average molecular weight is 482 g/mol. The van der Waals surface area contributed by atoms with E-state index in [0.717, 1.165) is 21.1 Å². The number of hydrogen-bond donors (Lipinski definition) is 1. The van der Waals surface area contributed by atoms with Gasteiger partial charge in [-0.05, 0) is 30.2 Å². The normalized spacial score (nSPS) is 10.6. The number of methoxy groups -OCH3 is 1. The van der Waals surface area contributed by atoms with E-state index in [0.29, 0.717) is 18.1 Å². The van der Waals surface area contributed by atoms with E-state index in [1.165, 1.54) is 26.3 Å². The van der Waals surface area contributed by atoms with Gasteiger partial charge in [-0.25, -0.2) is 9.59 Å². The number of anilines is 1. The summed E-state index contributed by atoms with van der Waals surface area (Å²) in [7, 11) is 2.69. The molecule has 2 N–H and O–H groups in total. The fourth-order valence-corrected chi connectivity index (χ4v) is 3.38. The van der Waals surface area contributed by atoms with Crippen molar-refractivity contribution in [2.45, 2.75) is 19.9 Å². The number of carbonyl (C=O) groups excluding carboxylic acids is 2. The minimum absolute atomic E-state index is 0.0614. The number of hydrogen-bond acceptors (Lipinski definition) is 8. The molecule has 0 radical (unpaired) electrons. The number of carbonyl (C=O) groups is 2. The number of ketones is 1. The van der Waals surface area contributed by atoms with Gasteiger partial charge in [0.05, 0.1) is 25.8 Å². The molecule has 2 aromatic carbocycles. The standard InChI is InChI=1S/C25H27N3O7/c1-4-12-34-19-11-10-17(13-20(19)33-3)24(31)35-15-18(29)21-22(26)28(25(32)27(2)23(21)30)14-16-8-6-5-7-9-16/h5-11,13H,4,12,14-15,26H2,1-3H3. The number of esters is 1. The summed E-state index contributed by atoms with van der Waals surface area (Å²) in [5.74, 6) is -1.11. The topological polar surface area (TPSA) is 132 Å². The lowest BCUT2D eigenvalue weighted by molar-refractivity contribution is 0.0473. The van der Waals surface area contributed by atoms with Crippen molar-refractivity contribution >= 4 is 17.6 Å². The molecule has 0 atom stereocenters. The van der Waals surface area contributed by atoms with E-state index >= 15 is 0 Å². The minimum atomic E-state index is -0.864. The molecular weight excluding hydrogens is 454 g/mol. The third kappa shape index (κ3) is 5.60. The zero-order valence-corrected chi connectivity index (χ0v) is 19.8. The Hall–Kier alpha value is -4.34. The van der Waals surface area contributed by atoms with E-state index in [1.54, 1.807) is 30.3 Å². The molecule has 10 heteroatoms. The van der Waals surface area contributed by atoms with Crippen LogP contribution in [0.25, 0.3) is 0 Å². The second-order valence-corrected chi connectivity index (χ2v) is 7.69. The van der Waals surface area contributed by atoms with Crippen LogP contribution in [0.5, 0.6) is 11.5 Å². The van der Waals surface area contributed by atoms with Crippen LogP contribution in [0.2, 0.25) is 0 Å². The molecule has 0 saturated carbocycles. The summed E-state index contributed by atoms with van der Waals surface area (Å²) in [6.07, 6.45) is 0.802. The monoisotopic (exact) mass is 481 g/mol. The average Bonchev–Trinajstić information content (AvgIpc) is 2.87. The molecule has 0 unspecified atom stereocenters. The fraction of sp³-hybridized carbons (Fsp3) is 0.280. The Bertz CT molecular complexity index is 1340. The van der Waals surface area contributed by atoms with E-state index in [2.05, 4.69) is 0 Å². The van der Waals surface area contributed by atoms with Crippen LogP contribution in [0.15, 0.2) is 58.1 Å². The molecule has 10 nitrogen and oxygen atoms in total. The van der Waals surface area contributed by atoms with E-state index in [9.17, 15) is 19.2 Å². The Kier molecular flexibility index (Phi) is 8.08. The van der Waals surface area contributed by atoms with Crippen LogP contribution in [0.3, 0.4) is 0 Å². The highest BCUT2D eigenvalue weighted by molar-refractivity contribution is 6.02. The molecule has 184 valence electrons. The zero-order valence-electron chi connectivity index (χ0n) is 19.8. The van der Waals surface area contributed by atoms with Crippen molar-refractivity contribution in [1.82, 2.24) is 9.13 Å². The summed E-state index contributed by atoms with van der Waals surface area (Å²) in [4.78, 5) is 50.7. The maximum Gasteiger partial charge on any atom is 0.338 e. The number of Topliss-reactive ketones (excluding diaryl/α,β-unsaturated/α-hetero) is 1. The van der Waals surface area contributed by atoms with Crippen LogP contribution in [0, 0.1) is 0 Å². The molecule has 3 rings (SSSR count). The molecule has 0 amide bonds. The quantitative estimate of drug-likeness (QED) is 0.344. The first kappa shape index (κ1) is 25.3. The van der Waals surface area contributed by atoms with Crippen LogP contribution < -0.4 is 26.5 Å². The van der Waals surface area contributed by atoms with Crippen LogP contribution in [0.1, 0.15) is 39.6 Å². The van der Waals surface area contributed by atoms with E-state index in [4.69, 9.17) is 19.9 Å². The van der Waals surface area contributed by atoms with Crippen LogP contribution in [0.4, 0.5) is 5.82 Å². The summed E-state index contributed by atoms with van der Waals surface area (Å²) >= 11 is 0. The Labute approximate surface area is 201 Å². The van der Waals surface area contributed by atoms with Crippen LogP contribution in [-0.2, 0) is 18.3 Å². The van der Waals surface area contributed by atoms with Crippen molar-refractivity contribution < 1.29 is 23.8 Å². The Morgan fingerprint density at radius 3 is 2.40 bits per heavy atom. The predicted molar refractivity (Wildman–Crippen MR) is 129 cm³/mol. The fourth-order valence-electron chi connectivity index (χ4n) is 3.38. The van der Waals surface area contributed by atoms with Gasteiger partial charge in [0.15, 0.2) is 18.1 Å². The second-order valence-electron chi connectivity index (χ2n) is 7.69. The van der Waals surface area contributed by atoms with Crippen molar-refractivity contribution in [1.29, 1.82) is 0 Å². The summed E-state index contributed by atoms with van der Waals surface area (Å²) in [6.45, 7) is 1.77. The molecule has 0 aliphatic heterocycles. The van der Waals surface area contributed by atoms with Gasteiger partial charge in [0.2, 0.25) is 5.78 Å². The molecule has 0 fully saturated rings. The number of aromatic nitrogens is 2. The molecule has 0 spiro atoms. The minimum Gasteiger partial charge on any atom is -0.493 e. The van der Waals surface area contributed by atoms with Gasteiger partial charge >= 0.3 is 11.7 Å².